The van der Waals surface area contributed by atoms with Crippen LogP contribution in [-0.2, 0) is 17.0 Å². The Labute approximate surface area is 166 Å². The minimum absolute atomic E-state index is 0.0373. The minimum Gasteiger partial charge on any atom is -0.326 e. The molecule has 0 radical (unpaired) electrons. The average molecular weight is 442 g/mol. The molecule has 2 aromatic carbocycles. The first-order chi connectivity index (χ1) is 12.6. The van der Waals surface area contributed by atoms with Gasteiger partial charge in [-0.3, -0.25) is 10.3 Å². The molecule has 0 fully saturated rings. The second kappa shape index (κ2) is 7.14. The van der Waals surface area contributed by atoms with E-state index in [-0.39, 0.29) is 12.2 Å². The van der Waals surface area contributed by atoms with Crippen LogP contribution in [0.3, 0.4) is 0 Å². The maximum atomic E-state index is 13.9. The van der Waals surface area contributed by atoms with E-state index in [1.54, 1.807) is 6.07 Å². The topological polar surface area (TPSA) is 47.3 Å². The van der Waals surface area contributed by atoms with Crippen LogP contribution in [0.4, 0.5) is 17.6 Å². The van der Waals surface area contributed by atoms with E-state index in [1.807, 2.05) is 0 Å². The summed E-state index contributed by atoms with van der Waals surface area (Å²) in [5.41, 5.74) is 5.44. The van der Waals surface area contributed by atoms with E-state index < -0.39 is 33.2 Å². The maximum Gasteiger partial charge on any atom is 0.428 e. The summed E-state index contributed by atoms with van der Waals surface area (Å²) in [7, 11) is 0. The molecule has 1 atom stereocenters. The Balaban J connectivity index is 2.16. The molecule has 144 valence electrons. The number of nitrogens with two attached hydrogens (primary N) is 1. The Kier molecular flexibility index (Phi) is 5.35. The van der Waals surface area contributed by atoms with Gasteiger partial charge in [0.25, 0.3) is 0 Å². The Morgan fingerprint density at radius 2 is 1.67 bits per heavy atom. The van der Waals surface area contributed by atoms with Gasteiger partial charge in [0.15, 0.2) is 5.82 Å². The Hall–Kier alpha value is -1.51. The second-order valence-electron chi connectivity index (χ2n) is 5.76. The summed E-state index contributed by atoms with van der Waals surface area (Å²) in [6.45, 7) is 0.106. The van der Waals surface area contributed by atoms with Gasteiger partial charge < -0.3 is 5.73 Å². The van der Waals surface area contributed by atoms with Gasteiger partial charge in [-0.2, -0.15) is 13.2 Å². The van der Waals surface area contributed by atoms with Gasteiger partial charge >= 0.3 is 6.18 Å². The van der Waals surface area contributed by atoms with Gasteiger partial charge in [-0.05, 0) is 35.9 Å². The largest absolute Gasteiger partial charge is 0.428 e. The number of benzene rings is 2. The Morgan fingerprint density at radius 1 is 1.04 bits per heavy atom. The molecule has 0 saturated heterocycles. The van der Waals surface area contributed by atoms with Crippen LogP contribution >= 0.6 is 34.8 Å². The van der Waals surface area contributed by atoms with Crippen molar-refractivity contribution in [3.8, 4) is 0 Å². The van der Waals surface area contributed by atoms with E-state index in [1.165, 1.54) is 12.1 Å². The number of rotatable bonds is 3. The highest BCUT2D eigenvalue weighted by Crippen LogP contribution is 2.48. The van der Waals surface area contributed by atoms with Crippen molar-refractivity contribution in [1.82, 2.24) is 5.48 Å². The van der Waals surface area contributed by atoms with Crippen LogP contribution in [0.15, 0.2) is 36.4 Å². The minimum atomic E-state index is -4.89. The lowest BCUT2D eigenvalue weighted by atomic mass is 9.91. The van der Waals surface area contributed by atoms with Crippen molar-refractivity contribution < 1.29 is 22.4 Å². The van der Waals surface area contributed by atoms with E-state index >= 15 is 0 Å². The molecule has 0 amide bonds. The van der Waals surface area contributed by atoms with Gasteiger partial charge in [0.2, 0.25) is 5.60 Å². The number of alkyl halides is 3. The number of hydrogen-bond acceptors (Lipinski definition) is 3. The summed E-state index contributed by atoms with van der Waals surface area (Å²) in [5.74, 6) is -1.01. The van der Waals surface area contributed by atoms with Crippen molar-refractivity contribution in [3.05, 3.63) is 74.0 Å². The van der Waals surface area contributed by atoms with Crippen LogP contribution in [0.1, 0.15) is 16.7 Å². The molecule has 3 N–H and O–H groups in total. The van der Waals surface area contributed by atoms with Crippen molar-refractivity contribution in [2.45, 2.75) is 18.3 Å². The predicted molar refractivity (Wildman–Crippen MR) is 95.7 cm³/mol. The van der Waals surface area contributed by atoms with Gasteiger partial charge in [0.05, 0.1) is 15.7 Å². The molecule has 0 aliphatic carbocycles. The molecule has 1 heterocycles. The van der Waals surface area contributed by atoms with E-state index in [0.29, 0.717) is 16.1 Å². The van der Waals surface area contributed by atoms with E-state index in [4.69, 9.17) is 45.4 Å². The summed E-state index contributed by atoms with van der Waals surface area (Å²) in [5, 5.41) is -0.716. The smallest absolute Gasteiger partial charge is 0.326 e. The van der Waals surface area contributed by atoms with Crippen molar-refractivity contribution in [2.75, 3.05) is 0 Å². The number of nitrogens with one attached hydrogen (secondary N) is 1. The molecule has 3 rings (SSSR count). The van der Waals surface area contributed by atoms with Crippen molar-refractivity contribution in [1.29, 1.82) is 0 Å². The lowest BCUT2D eigenvalue weighted by molar-refractivity contribution is -0.269. The molecule has 27 heavy (non-hydrogen) atoms. The summed E-state index contributed by atoms with van der Waals surface area (Å²) in [4.78, 5) is 4.94. The summed E-state index contributed by atoms with van der Waals surface area (Å²) >= 11 is 17.3. The molecule has 3 nitrogen and oxygen atoms in total. The quantitative estimate of drug-likeness (QED) is 0.483. The zero-order chi connectivity index (χ0) is 20.0. The molecule has 10 heteroatoms. The van der Waals surface area contributed by atoms with E-state index in [9.17, 15) is 17.6 Å². The fourth-order valence-electron chi connectivity index (χ4n) is 2.65. The molecule has 2 aromatic rings. The van der Waals surface area contributed by atoms with Crippen molar-refractivity contribution in [2.24, 2.45) is 5.73 Å². The first-order valence-electron chi connectivity index (χ1n) is 7.46. The predicted octanol–water partition coefficient (Wildman–Crippen LogP) is 5.58. The lowest BCUT2D eigenvalue weighted by Crippen LogP contribution is -2.42. The molecule has 0 bridgehead atoms. The van der Waals surface area contributed by atoms with Crippen LogP contribution in [0.5, 0.6) is 0 Å². The fourth-order valence-corrected chi connectivity index (χ4v) is 3.34. The monoisotopic (exact) mass is 440 g/mol. The third-order valence-electron chi connectivity index (χ3n) is 4.08. The van der Waals surface area contributed by atoms with Crippen molar-refractivity contribution >= 4 is 40.5 Å². The van der Waals surface area contributed by atoms with Crippen LogP contribution in [0.2, 0.25) is 15.1 Å². The molecular formula is C17H11Cl3F4N2O. The third-order valence-corrected chi connectivity index (χ3v) is 5.00. The molecule has 0 spiro atoms. The standard InChI is InChI=1S/C17H11Cl3F4N2O/c18-11-2-1-8(3-9(11)7-25)14-6-16(27-26-14,17(22,23)24)10-4-12(19)15(21)13(20)5-10/h1-6,26H,7,25H2. The van der Waals surface area contributed by atoms with Crippen LogP contribution in [-0.4, -0.2) is 6.18 Å². The van der Waals surface area contributed by atoms with Gasteiger partial charge in [0, 0.05) is 22.7 Å². The fraction of sp³-hybridized carbons (Fsp3) is 0.176. The summed E-state index contributed by atoms with van der Waals surface area (Å²) < 4.78 is 55.4. The highest BCUT2D eigenvalue weighted by atomic mass is 35.5. The molecule has 1 aliphatic rings. The van der Waals surface area contributed by atoms with Gasteiger partial charge in [-0.25, -0.2) is 4.39 Å². The van der Waals surface area contributed by atoms with E-state index in [0.717, 1.165) is 18.2 Å². The molecule has 1 unspecified atom stereocenters. The van der Waals surface area contributed by atoms with Crippen LogP contribution in [0, 0.1) is 5.82 Å². The summed E-state index contributed by atoms with van der Waals surface area (Å²) in [6, 6.07) is 6.22. The third kappa shape index (κ3) is 3.50. The maximum absolute atomic E-state index is 13.9. The first kappa shape index (κ1) is 20.2. The molecule has 0 aromatic heterocycles. The number of hydroxylamine groups is 1. The first-order valence-corrected chi connectivity index (χ1v) is 8.60. The van der Waals surface area contributed by atoms with Gasteiger partial charge in [-0.1, -0.05) is 40.9 Å². The van der Waals surface area contributed by atoms with Gasteiger partial charge in [0.1, 0.15) is 0 Å². The Bertz CT molecular complexity index is 910. The SMILES string of the molecule is NCc1cc(C2=CC(c3cc(Cl)c(F)c(Cl)c3)(C(F)(F)F)ON2)ccc1Cl. The molecular weight excluding hydrogens is 431 g/mol. The molecule has 1 aliphatic heterocycles. The van der Waals surface area contributed by atoms with Crippen molar-refractivity contribution in [3.63, 3.8) is 0 Å². The summed E-state index contributed by atoms with van der Waals surface area (Å²) in [6.07, 6.45) is -4.06. The van der Waals surface area contributed by atoms with Gasteiger partial charge in [-0.15, -0.1) is 0 Å². The van der Waals surface area contributed by atoms with Crippen LogP contribution in [0.25, 0.3) is 5.70 Å². The van der Waals surface area contributed by atoms with E-state index in [2.05, 4.69) is 5.48 Å². The number of halogens is 7. The van der Waals surface area contributed by atoms with Crippen LogP contribution < -0.4 is 11.2 Å². The lowest BCUT2D eigenvalue weighted by Gasteiger charge is -2.28. The highest BCUT2D eigenvalue weighted by Gasteiger charge is 2.59. The molecule has 0 saturated carbocycles. The highest BCUT2D eigenvalue weighted by molar-refractivity contribution is 6.35. The average Bonchev–Trinajstić information content (AvgIpc) is 3.06. The Morgan fingerprint density at radius 3 is 2.22 bits per heavy atom. The normalized spacial score (nSPS) is 19.8. The zero-order valence-electron chi connectivity index (χ0n) is 13.3. The zero-order valence-corrected chi connectivity index (χ0v) is 15.6. The second-order valence-corrected chi connectivity index (χ2v) is 6.98. The number of hydrogen-bond donors (Lipinski definition) is 2.